The molecule has 20 heteroatoms. The predicted octanol–water partition coefficient (Wildman–Crippen LogP) is 8.48. The van der Waals surface area contributed by atoms with Crippen molar-refractivity contribution in [2.24, 2.45) is 16.2 Å². The number of hydrogen-bond acceptors (Lipinski definition) is 13. The van der Waals surface area contributed by atoms with Crippen LogP contribution < -0.4 is 24.6 Å². The zero-order chi connectivity index (χ0) is 48.3. The molecule has 3 aliphatic heterocycles. The van der Waals surface area contributed by atoms with Gasteiger partial charge in [-0.1, -0.05) is 25.0 Å². The second-order valence-corrected chi connectivity index (χ2v) is 22.2. The van der Waals surface area contributed by atoms with Crippen molar-refractivity contribution in [2.45, 2.75) is 88.8 Å². The van der Waals surface area contributed by atoms with Gasteiger partial charge in [-0.2, -0.15) is 18.2 Å². The number of hydrogen-bond donors (Lipinski definition) is 3. The Bertz CT molecular complexity index is 2780. The minimum atomic E-state index is -4.64. The zero-order valence-corrected chi connectivity index (χ0v) is 39.8. The van der Waals surface area contributed by atoms with Crippen molar-refractivity contribution in [3.63, 3.8) is 0 Å². The molecule has 2 aromatic carbocycles. The van der Waals surface area contributed by atoms with E-state index in [-0.39, 0.29) is 54.0 Å². The maximum atomic E-state index is 14.4. The number of anilines is 4. The van der Waals surface area contributed by atoms with Crippen LogP contribution in [-0.4, -0.2) is 119 Å². The van der Waals surface area contributed by atoms with Crippen LogP contribution in [0.1, 0.15) is 82.0 Å². The monoisotopic (exact) mass is 976 g/mol. The fourth-order valence-corrected chi connectivity index (χ4v) is 12.7. The lowest BCUT2D eigenvalue weighted by Crippen LogP contribution is -2.47. The van der Waals surface area contributed by atoms with E-state index in [1.54, 1.807) is 18.3 Å². The Morgan fingerprint density at radius 3 is 2.49 bits per heavy atom. The van der Waals surface area contributed by atoms with Gasteiger partial charge in [0.1, 0.15) is 17.0 Å². The van der Waals surface area contributed by atoms with Crippen molar-refractivity contribution in [1.82, 2.24) is 19.6 Å². The molecule has 2 aromatic heterocycles. The van der Waals surface area contributed by atoms with Crippen molar-refractivity contribution in [3.05, 3.63) is 81.6 Å². The first-order valence-electron chi connectivity index (χ1n) is 24.0. The molecule has 4 fully saturated rings. The van der Waals surface area contributed by atoms with Crippen LogP contribution in [0.25, 0.3) is 11.0 Å². The largest absolute Gasteiger partial charge is 0.476 e. The number of ether oxygens (including phenoxy) is 3. The van der Waals surface area contributed by atoms with Gasteiger partial charge < -0.3 is 34.3 Å². The summed E-state index contributed by atoms with van der Waals surface area (Å²) in [5.74, 6) is -0.582. The van der Waals surface area contributed by atoms with Crippen molar-refractivity contribution in [2.75, 3.05) is 87.4 Å². The molecule has 10 rings (SSSR count). The summed E-state index contributed by atoms with van der Waals surface area (Å²) in [7, 11) is -4.64. The van der Waals surface area contributed by atoms with E-state index < -0.39 is 43.0 Å². The highest BCUT2D eigenvalue weighted by molar-refractivity contribution is 7.90. The maximum Gasteiger partial charge on any atom is 0.394 e. The number of pyridine rings is 1. The first kappa shape index (κ1) is 47.2. The van der Waals surface area contributed by atoms with Crippen molar-refractivity contribution in [3.8, 4) is 5.88 Å². The number of nitrogens with one attached hydrogen (secondary N) is 3. The van der Waals surface area contributed by atoms with Gasteiger partial charge >= 0.3 is 6.18 Å². The number of carbonyl (C=O) groups is 1. The third-order valence-electron chi connectivity index (χ3n) is 15.6. The van der Waals surface area contributed by atoms with Gasteiger partial charge in [-0.15, -0.1) is 0 Å². The first-order chi connectivity index (χ1) is 32.9. The molecule has 2 saturated carbocycles. The zero-order valence-electron chi connectivity index (χ0n) is 39.0. The molecule has 5 heterocycles. The molecule has 2 saturated heterocycles. The molecule has 0 unspecified atom stereocenters. The summed E-state index contributed by atoms with van der Waals surface area (Å²) in [6.45, 7) is 10.1. The molecule has 370 valence electrons. The highest BCUT2D eigenvalue weighted by Crippen LogP contribution is 2.71. The summed E-state index contributed by atoms with van der Waals surface area (Å²) in [5.41, 5.74) is 2.84. The number of rotatable bonds is 12. The molecule has 69 heavy (non-hydrogen) atoms. The quantitative estimate of drug-likeness (QED) is 0.0699. The Labute approximate surface area is 399 Å². The highest BCUT2D eigenvalue weighted by Gasteiger charge is 2.67. The van der Waals surface area contributed by atoms with Crippen LogP contribution in [0.3, 0.4) is 0 Å². The lowest BCUT2D eigenvalue weighted by Gasteiger charge is -2.43. The van der Waals surface area contributed by atoms with Crippen LogP contribution >= 0.6 is 0 Å². The summed E-state index contributed by atoms with van der Waals surface area (Å²) in [4.78, 5) is 39.9. The van der Waals surface area contributed by atoms with Gasteiger partial charge in [-0.25, -0.2) is 13.1 Å². The van der Waals surface area contributed by atoms with Gasteiger partial charge in [-0.3, -0.25) is 19.8 Å². The number of benzene rings is 2. The van der Waals surface area contributed by atoms with Crippen LogP contribution in [0, 0.1) is 26.4 Å². The average molecular weight is 977 g/mol. The van der Waals surface area contributed by atoms with Crippen LogP contribution in [0.4, 0.5) is 41.6 Å². The number of alkyl halides is 3. The molecular weight excluding hydrogens is 918 g/mol. The lowest BCUT2D eigenvalue weighted by molar-refractivity contribution is -0.384. The minimum absolute atomic E-state index is 0.0395. The summed E-state index contributed by atoms with van der Waals surface area (Å²) < 4.78 is 90.5. The molecule has 2 bridgehead atoms. The highest BCUT2D eigenvalue weighted by atomic mass is 32.2. The Kier molecular flexibility index (Phi) is 12.4. The first-order valence-corrected chi connectivity index (χ1v) is 25.5. The number of H-pyrrole nitrogens is 1. The minimum Gasteiger partial charge on any atom is -0.476 e. The second kappa shape index (κ2) is 18.1. The van der Waals surface area contributed by atoms with Gasteiger partial charge in [-0.05, 0) is 111 Å². The number of nitro groups is 1. The van der Waals surface area contributed by atoms with E-state index in [1.165, 1.54) is 23.3 Å². The van der Waals surface area contributed by atoms with Crippen LogP contribution in [0.2, 0.25) is 0 Å². The average Bonchev–Trinajstić information content (AvgIpc) is 4.03. The number of amides is 1. The van der Waals surface area contributed by atoms with Crippen molar-refractivity contribution < 1.29 is 45.5 Å². The van der Waals surface area contributed by atoms with Gasteiger partial charge in [0.15, 0.2) is 0 Å². The molecule has 4 aromatic rings. The Balaban J connectivity index is 0.913. The number of nitro benzene ring substituents is 1. The Morgan fingerprint density at radius 1 is 0.971 bits per heavy atom. The molecule has 3 aliphatic carbocycles. The van der Waals surface area contributed by atoms with E-state index in [9.17, 15) is 36.5 Å². The standard InChI is InChI=1S/C49H59F3N8O8S/c1-46(2)10-8-33(38(27-46)47-11-13-48(31-47,14-12-47)49(50,51)52)29-57-17-19-58(20-18-57)34-4-6-37(40(25-34)59-16-3-21-68-45-42(59)24-32-9-15-53-43(32)55-45)44(61)56-69(64,65)36-5-7-39(41(26-36)60(62)63)54-28-35-30-66-22-23-67-35/h4-7,9,15,24-26,35,54H,3,8,10-14,16-23,27-31H2,1-2H3,(H,53,55)(H,56,61)/t35-,47?,48?/m0/s1. The summed E-state index contributed by atoms with van der Waals surface area (Å²) >= 11 is 0. The number of halogens is 3. The SMILES string of the molecule is CC1(C)CCC(CN2CCN(c3ccc(C(=O)NS(=O)(=O)c4ccc(NC[C@H]5COCCO5)c([N+](=O)[O-])c4)c(N4CCCOc5nc6[nH]ccc6cc54)c3)CC2)=C(C23CCC(C(F)(F)F)(CC2)C3)C1. The summed E-state index contributed by atoms with van der Waals surface area (Å²) in [5, 5.41) is 16.0. The van der Waals surface area contributed by atoms with Gasteiger partial charge in [0.2, 0.25) is 5.88 Å². The van der Waals surface area contributed by atoms with Crippen LogP contribution in [-0.2, 0) is 19.5 Å². The number of allylic oxidation sites excluding steroid dienone is 1. The summed E-state index contributed by atoms with van der Waals surface area (Å²) in [6.07, 6.45) is 2.42. The maximum absolute atomic E-state index is 14.4. The van der Waals surface area contributed by atoms with E-state index in [4.69, 9.17) is 19.2 Å². The third-order valence-corrected chi connectivity index (χ3v) is 16.9. The second-order valence-electron chi connectivity index (χ2n) is 20.5. The number of sulfonamides is 1. The number of carbonyl (C=O) groups excluding carboxylic acids is 1. The molecular formula is C49H59F3N8O8S. The van der Waals surface area contributed by atoms with E-state index in [1.807, 2.05) is 23.1 Å². The molecule has 0 radical (unpaired) electrons. The predicted molar refractivity (Wildman–Crippen MR) is 254 cm³/mol. The molecule has 3 N–H and O–H groups in total. The number of piperazine rings is 1. The van der Waals surface area contributed by atoms with E-state index in [0.717, 1.165) is 42.9 Å². The van der Waals surface area contributed by atoms with E-state index >= 15 is 0 Å². The molecule has 1 atom stereocenters. The van der Waals surface area contributed by atoms with Crippen molar-refractivity contribution >= 4 is 55.4 Å². The Morgan fingerprint density at radius 2 is 1.77 bits per heavy atom. The number of fused-ring (bicyclic) bond motifs is 4. The number of aromatic amines is 1. The molecule has 1 amide bonds. The third kappa shape index (κ3) is 9.24. The van der Waals surface area contributed by atoms with Gasteiger partial charge in [0.05, 0.1) is 59.0 Å². The van der Waals surface area contributed by atoms with E-state index in [0.29, 0.717) is 101 Å². The van der Waals surface area contributed by atoms with Gasteiger partial charge in [0, 0.05) is 69.2 Å². The van der Waals surface area contributed by atoms with Crippen molar-refractivity contribution in [1.29, 1.82) is 0 Å². The van der Waals surface area contributed by atoms with Gasteiger partial charge in [0.25, 0.3) is 21.6 Å². The van der Waals surface area contributed by atoms with E-state index in [2.05, 4.69) is 38.7 Å². The molecule has 6 aliphatic rings. The fraction of sp³-hybridized carbons (Fsp3) is 0.551. The van der Waals surface area contributed by atoms with Crippen LogP contribution in [0.5, 0.6) is 5.88 Å². The molecule has 0 spiro atoms. The molecule has 16 nitrogen and oxygen atoms in total. The Hall–Kier alpha value is -5.44. The fourth-order valence-electron chi connectivity index (χ4n) is 11.7. The smallest absolute Gasteiger partial charge is 0.394 e. The number of aromatic nitrogens is 2. The normalized spacial score (nSPS) is 25.3. The number of nitrogens with zero attached hydrogens (tertiary/aromatic N) is 5. The lowest BCUT2D eigenvalue weighted by atomic mass is 9.64. The van der Waals surface area contributed by atoms with Crippen LogP contribution in [0.15, 0.2) is 70.8 Å². The topological polar surface area (TPSA) is 185 Å². The summed E-state index contributed by atoms with van der Waals surface area (Å²) in [6, 6.07) is 12.5.